The highest BCUT2D eigenvalue weighted by Crippen LogP contribution is 2.32. The molecular weight excluding hydrogens is 274 g/mol. The van der Waals surface area contributed by atoms with Gasteiger partial charge in [-0.05, 0) is 30.9 Å². The van der Waals surface area contributed by atoms with E-state index in [1.807, 2.05) is 0 Å². The molecule has 2 atom stereocenters. The average Bonchev–Trinajstić information content (AvgIpc) is 2.41. The van der Waals surface area contributed by atoms with Gasteiger partial charge in [0.15, 0.2) is 11.6 Å². The van der Waals surface area contributed by atoms with Crippen molar-refractivity contribution in [1.82, 2.24) is 5.32 Å². The van der Waals surface area contributed by atoms with E-state index in [0.29, 0.717) is 18.4 Å². The van der Waals surface area contributed by atoms with Crippen LogP contribution in [0.1, 0.15) is 18.4 Å². The summed E-state index contributed by atoms with van der Waals surface area (Å²) in [7, 11) is 1.38. The van der Waals surface area contributed by atoms with Crippen LogP contribution in [0.4, 0.5) is 17.6 Å². The fourth-order valence-corrected chi connectivity index (χ4v) is 2.51. The Bertz CT molecular complexity index is 453. The summed E-state index contributed by atoms with van der Waals surface area (Å²) in [6.45, 7) is -0.0975. The van der Waals surface area contributed by atoms with Crippen LogP contribution in [0.3, 0.4) is 0 Å². The number of hydrogen-bond donors (Lipinski definition) is 1. The van der Waals surface area contributed by atoms with Crippen LogP contribution in [0.2, 0.25) is 0 Å². The number of alkyl halides is 3. The lowest BCUT2D eigenvalue weighted by molar-refractivity contribution is -0.179. The van der Waals surface area contributed by atoms with E-state index >= 15 is 0 Å². The highest BCUT2D eigenvalue weighted by atomic mass is 19.4. The molecule has 1 N–H and O–H groups in total. The maximum Gasteiger partial charge on any atom is 0.393 e. The average molecular weight is 291 g/mol. The van der Waals surface area contributed by atoms with Gasteiger partial charge >= 0.3 is 6.18 Å². The number of benzene rings is 1. The Morgan fingerprint density at radius 3 is 2.60 bits per heavy atom. The molecule has 1 fully saturated rings. The third kappa shape index (κ3) is 3.42. The lowest BCUT2D eigenvalue weighted by atomic mass is 9.91. The molecule has 20 heavy (non-hydrogen) atoms. The molecule has 1 aromatic carbocycles. The van der Waals surface area contributed by atoms with Gasteiger partial charge in [0.25, 0.3) is 0 Å². The van der Waals surface area contributed by atoms with Crippen molar-refractivity contribution in [1.29, 1.82) is 0 Å². The smallest absolute Gasteiger partial charge is 0.393 e. The van der Waals surface area contributed by atoms with Gasteiger partial charge in [-0.1, -0.05) is 12.1 Å². The minimum atomic E-state index is -4.15. The Kier molecular flexibility index (Phi) is 4.52. The molecule has 0 saturated carbocycles. The van der Waals surface area contributed by atoms with E-state index in [1.165, 1.54) is 13.2 Å². The first-order valence-corrected chi connectivity index (χ1v) is 6.53. The van der Waals surface area contributed by atoms with E-state index in [1.54, 1.807) is 12.1 Å². The molecular formula is C14H17F4NO. The summed E-state index contributed by atoms with van der Waals surface area (Å²) in [4.78, 5) is 0. The van der Waals surface area contributed by atoms with Crippen molar-refractivity contribution in [2.75, 3.05) is 13.7 Å². The summed E-state index contributed by atoms with van der Waals surface area (Å²) in [5, 5.41) is 2.86. The van der Waals surface area contributed by atoms with Crippen molar-refractivity contribution in [3.8, 4) is 5.75 Å². The van der Waals surface area contributed by atoms with Gasteiger partial charge in [0.05, 0.1) is 13.0 Å². The Balaban J connectivity index is 1.96. The molecule has 0 spiro atoms. The third-order valence-corrected chi connectivity index (χ3v) is 3.71. The van der Waals surface area contributed by atoms with Crippen LogP contribution in [-0.2, 0) is 6.42 Å². The molecule has 6 heteroatoms. The molecule has 2 unspecified atom stereocenters. The van der Waals surface area contributed by atoms with Gasteiger partial charge < -0.3 is 10.1 Å². The van der Waals surface area contributed by atoms with Crippen molar-refractivity contribution in [2.45, 2.75) is 31.5 Å². The third-order valence-electron chi connectivity index (χ3n) is 3.71. The van der Waals surface area contributed by atoms with Crippen LogP contribution in [0.15, 0.2) is 18.2 Å². The zero-order chi connectivity index (χ0) is 14.8. The van der Waals surface area contributed by atoms with Crippen molar-refractivity contribution >= 4 is 0 Å². The first-order valence-electron chi connectivity index (χ1n) is 6.53. The minimum Gasteiger partial charge on any atom is -0.494 e. The van der Waals surface area contributed by atoms with E-state index in [9.17, 15) is 17.6 Å². The van der Waals surface area contributed by atoms with E-state index in [4.69, 9.17) is 4.74 Å². The number of ether oxygens (including phenoxy) is 1. The van der Waals surface area contributed by atoms with Gasteiger partial charge in [-0.3, -0.25) is 0 Å². The highest BCUT2D eigenvalue weighted by Gasteiger charge is 2.41. The molecule has 1 saturated heterocycles. The van der Waals surface area contributed by atoms with Gasteiger partial charge in [0, 0.05) is 12.6 Å². The summed E-state index contributed by atoms with van der Waals surface area (Å²) >= 11 is 0. The summed E-state index contributed by atoms with van der Waals surface area (Å²) in [5.41, 5.74) is 0.465. The second-order valence-electron chi connectivity index (χ2n) is 5.06. The summed E-state index contributed by atoms with van der Waals surface area (Å²) in [6.07, 6.45) is -3.31. The van der Waals surface area contributed by atoms with Crippen LogP contribution in [0.5, 0.6) is 5.75 Å². The zero-order valence-electron chi connectivity index (χ0n) is 11.1. The lowest BCUT2D eigenvalue weighted by Gasteiger charge is -2.31. The van der Waals surface area contributed by atoms with Crippen molar-refractivity contribution in [3.05, 3.63) is 29.6 Å². The molecule has 0 aromatic heterocycles. The van der Waals surface area contributed by atoms with Crippen LogP contribution in [0.25, 0.3) is 0 Å². The summed E-state index contributed by atoms with van der Waals surface area (Å²) in [6, 6.07) is 4.70. The van der Waals surface area contributed by atoms with Crippen LogP contribution in [-0.4, -0.2) is 25.9 Å². The summed E-state index contributed by atoms with van der Waals surface area (Å²) in [5.74, 6) is -1.57. The normalized spacial score (nSPS) is 23.6. The molecule has 1 aromatic rings. The van der Waals surface area contributed by atoms with Gasteiger partial charge in [0.2, 0.25) is 0 Å². The predicted molar refractivity (Wildman–Crippen MR) is 67.2 cm³/mol. The molecule has 0 radical (unpaired) electrons. The minimum absolute atomic E-state index is 0.0900. The SMILES string of the molecule is COc1cccc(CC2CCC(C(F)(F)F)CN2)c1F. The lowest BCUT2D eigenvalue weighted by Crippen LogP contribution is -2.45. The van der Waals surface area contributed by atoms with Gasteiger partial charge in [-0.25, -0.2) is 4.39 Å². The Morgan fingerprint density at radius 1 is 1.30 bits per heavy atom. The molecule has 1 heterocycles. The summed E-state index contributed by atoms with van der Waals surface area (Å²) < 4.78 is 56.5. The van der Waals surface area contributed by atoms with Crippen LogP contribution >= 0.6 is 0 Å². The standard InChI is InChI=1S/C14H17F4NO/c1-20-12-4-2-3-9(13(12)15)7-11-6-5-10(8-19-11)14(16,17)18/h2-4,10-11,19H,5-8H2,1H3. The number of piperidine rings is 1. The van der Waals surface area contributed by atoms with E-state index < -0.39 is 17.9 Å². The quantitative estimate of drug-likeness (QED) is 0.863. The maximum absolute atomic E-state index is 14.0. The van der Waals surface area contributed by atoms with Crippen LogP contribution in [0, 0.1) is 11.7 Å². The maximum atomic E-state index is 14.0. The van der Waals surface area contributed by atoms with Gasteiger partial charge in [-0.15, -0.1) is 0 Å². The fraction of sp³-hybridized carbons (Fsp3) is 0.571. The fourth-order valence-electron chi connectivity index (χ4n) is 2.51. The molecule has 1 aliphatic heterocycles. The topological polar surface area (TPSA) is 21.3 Å². The number of nitrogens with one attached hydrogen (secondary N) is 1. The second-order valence-corrected chi connectivity index (χ2v) is 5.06. The zero-order valence-corrected chi connectivity index (χ0v) is 11.1. The molecule has 112 valence electrons. The first-order chi connectivity index (χ1) is 9.41. The molecule has 2 rings (SSSR count). The Labute approximate surface area is 115 Å². The monoisotopic (exact) mass is 291 g/mol. The Hall–Kier alpha value is -1.30. The van der Waals surface area contributed by atoms with Gasteiger partial charge in [0.1, 0.15) is 0 Å². The molecule has 1 aliphatic rings. The number of methoxy groups -OCH3 is 1. The second kappa shape index (κ2) is 5.99. The molecule has 0 bridgehead atoms. The molecule has 0 aliphatic carbocycles. The first kappa shape index (κ1) is 15.1. The Morgan fingerprint density at radius 2 is 2.05 bits per heavy atom. The highest BCUT2D eigenvalue weighted by molar-refractivity contribution is 5.31. The van der Waals surface area contributed by atoms with E-state index in [2.05, 4.69) is 5.32 Å². The molecule has 0 amide bonds. The van der Waals surface area contributed by atoms with Crippen molar-refractivity contribution in [2.24, 2.45) is 5.92 Å². The van der Waals surface area contributed by atoms with Crippen LogP contribution < -0.4 is 10.1 Å². The van der Waals surface area contributed by atoms with E-state index in [-0.39, 0.29) is 24.8 Å². The largest absolute Gasteiger partial charge is 0.494 e. The van der Waals surface area contributed by atoms with Crippen molar-refractivity contribution < 1.29 is 22.3 Å². The predicted octanol–water partition coefficient (Wildman–Crippen LogP) is 3.31. The number of hydrogen-bond acceptors (Lipinski definition) is 2. The van der Waals surface area contributed by atoms with E-state index in [0.717, 1.165) is 0 Å². The number of halogens is 4. The number of rotatable bonds is 3. The van der Waals surface area contributed by atoms with Crippen molar-refractivity contribution in [3.63, 3.8) is 0 Å². The molecule has 2 nitrogen and oxygen atoms in total. The van der Waals surface area contributed by atoms with Gasteiger partial charge in [-0.2, -0.15) is 13.2 Å².